The molecule has 0 unspecified atom stereocenters. The quantitative estimate of drug-likeness (QED) is 0.276. The number of nitrogens with zero attached hydrogens (tertiary/aromatic N) is 2. The maximum absolute atomic E-state index is 12.8. The van der Waals surface area contributed by atoms with Gasteiger partial charge in [0.2, 0.25) is 5.96 Å². The predicted molar refractivity (Wildman–Crippen MR) is 157 cm³/mol. The van der Waals surface area contributed by atoms with Crippen LogP contribution in [0.15, 0.2) is 113 Å². The number of anilines is 1. The second kappa shape index (κ2) is 13.0. The van der Waals surface area contributed by atoms with E-state index in [-0.39, 0.29) is 11.7 Å². The minimum absolute atomic E-state index is 0.229. The van der Waals surface area contributed by atoms with Gasteiger partial charge in [-0.05, 0) is 91.6 Å². The number of hydrogen-bond acceptors (Lipinski definition) is 3. The largest absolute Gasteiger partial charge is 0.573 e. The second-order valence-corrected chi connectivity index (χ2v) is 9.28. The molecule has 4 rings (SSSR count). The summed E-state index contributed by atoms with van der Waals surface area (Å²) in [4.78, 5) is 22.0. The van der Waals surface area contributed by atoms with E-state index in [1.165, 1.54) is 24.3 Å². The number of hydrogen-bond donors (Lipinski definition) is 2. The van der Waals surface area contributed by atoms with E-state index < -0.39 is 6.36 Å². The molecule has 3 aromatic carbocycles. The lowest BCUT2D eigenvalue weighted by Gasteiger charge is -2.19. The summed E-state index contributed by atoms with van der Waals surface area (Å²) < 4.78 is 41.7. The summed E-state index contributed by atoms with van der Waals surface area (Å²) in [5.74, 6) is -0.236. The summed E-state index contributed by atoms with van der Waals surface area (Å²) in [5.41, 5.74) is 5.84. The summed E-state index contributed by atoms with van der Waals surface area (Å²) in [7, 11) is 0. The van der Waals surface area contributed by atoms with Crippen LogP contribution in [0.3, 0.4) is 0 Å². The number of carbonyl (C=O) groups is 1. The maximum atomic E-state index is 12.8. The van der Waals surface area contributed by atoms with Gasteiger partial charge in [0.05, 0.1) is 11.4 Å². The average Bonchev–Trinajstić information content (AvgIpc) is 2.93. The number of rotatable bonds is 8. The van der Waals surface area contributed by atoms with E-state index in [1.54, 1.807) is 30.3 Å². The molecule has 0 aromatic heterocycles. The fourth-order valence-corrected chi connectivity index (χ4v) is 4.10. The molecule has 0 fully saturated rings. The van der Waals surface area contributed by atoms with Crippen LogP contribution in [0.4, 0.5) is 24.5 Å². The molecule has 3 aromatic rings. The van der Waals surface area contributed by atoms with Crippen LogP contribution in [0.1, 0.15) is 39.9 Å². The Morgan fingerprint density at radius 3 is 2.39 bits per heavy atom. The fourth-order valence-electron chi connectivity index (χ4n) is 4.10. The highest BCUT2D eigenvalue weighted by atomic mass is 19.4. The van der Waals surface area contributed by atoms with Crippen molar-refractivity contribution in [1.82, 2.24) is 5.32 Å². The number of halogens is 3. The van der Waals surface area contributed by atoms with E-state index in [0.717, 1.165) is 22.5 Å². The first kappa shape index (κ1) is 29.1. The zero-order valence-corrected chi connectivity index (χ0v) is 22.6. The molecule has 41 heavy (non-hydrogen) atoms. The molecule has 210 valence electrons. The number of carbonyl (C=O) groups excluding carboxylic acids is 1. The minimum atomic E-state index is -4.77. The van der Waals surface area contributed by atoms with Crippen LogP contribution in [0.2, 0.25) is 0 Å². The Morgan fingerprint density at radius 2 is 1.76 bits per heavy atom. The number of ether oxygens (including phenoxy) is 1. The molecule has 1 aliphatic heterocycles. The van der Waals surface area contributed by atoms with Crippen molar-refractivity contribution in [3.63, 3.8) is 0 Å². The number of alkyl halides is 3. The number of amides is 1. The second-order valence-electron chi connectivity index (χ2n) is 9.28. The number of allylic oxidation sites excluding steroid dienone is 5. The van der Waals surface area contributed by atoms with Crippen LogP contribution in [-0.2, 0) is 0 Å². The van der Waals surface area contributed by atoms with Gasteiger partial charge in [-0.2, -0.15) is 0 Å². The highest BCUT2D eigenvalue weighted by Gasteiger charge is 2.31. The van der Waals surface area contributed by atoms with Crippen LogP contribution < -0.4 is 15.4 Å². The zero-order chi connectivity index (χ0) is 29.4. The summed E-state index contributed by atoms with van der Waals surface area (Å²) >= 11 is 0. The Hall–Kier alpha value is -4.92. The Labute approximate surface area is 236 Å². The van der Waals surface area contributed by atoms with Crippen molar-refractivity contribution < 1.29 is 22.7 Å². The molecule has 0 spiro atoms. The third-order valence-electron chi connectivity index (χ3n) is 6.11. The lowest BCUT2D eigenvalue weighted by atomic mass is 10.0. The third-order valence-corrected chi connectivity index (χ3v) is 6.11. The molecular formula is C32H29F3N4O2. The van der Waals surface area contributed by atoms with Crippen molar-refractivity contribution in [1.29, 1.82) is 0 Å². The number of para-hydroxylation sites is 1. The van der Waals surface area contributed by atoms with Crippen LogP contribution in [0.5, 0.6) is 5.75 Å². The summed E-state index contributed by atoms with van der Waals surface area (Å²) in [5, 5.41) is 6.17. The number of aryl methyl sites for hydroxylation is 2. The van der Waals surface area contributed by atoms with Gasteiger partial charge in [0.1, 0.15) is 5.75 Å². The normalized spacial score (nSPS) is 15.5. The molecule has 1 aliphatic rings. The van der Waals surface area contributed by atoms with E-state index in [9.17, 15) is 18.0 Å². The van der Waals surface area contributed by atoms with Gasteiger partial charge in [-0.3, -0.25) is 4.79 Å². The predicted octanol–water partition coefficient (Wildman–Crippen LogP) is 7.94. The highest BCUT2D eigenvalue weighted by molar-refractivity contribution is 6.11. The van der Waals surface area contributed by atoms with Crippen molar-refractivity contribution >= 4 is 29.0 Å². The standard InChI is InChI=1S/C32H29F3N4O2/c1-4-5-6-7-11-26-20-28(23-14-18-27(19-15-23)41-32(33,34)35)38-31(37-26)36-25-16-12-24(13-17-25)30(40)39-29-21(2)9-8-10-22(29)3/h4,6-19H,1,5,20H2,2-3H3,(H,36,37)(H,39,40)/b7-6-,26-11+. The van der Waals surface area contributed by atoms with Gasteiger partial charge in [0, 0.05) is 23.4 Å². The lowest BCUT2D eigenvalue weighted by molar-refractivity contribution is -0.274. The molecular weight excluding hydrogens is 529 g/mol. The summed E-state index contributed by atoms with van der Waals surface area (Å²) in [6.07, 6.45) is 3.83. The van der Waals surface area contributed by atoms with Crippen molar-refractivity contribution in [3.05, 3.63) is 126 Å². The van der Waals surface area contributed by atoms with E-state index >= 15 is 0 Å². The lowest BCUT2D eigenvalue weighted by Crippen LogP contribution is -2.29. The minimum Gasteiger partial charge on any atom is -0.406 e. The first-order chi connectivity index (χ1) is 19.6. The fraction of sp³-hybridized carbons (Fsp3) is 0.156. The number of nitrogens with one attached hydrogen (secondary N) is 2. The summed E-state index contributed by atoms with van der Waals surface area (Å²) in [6.45, 7) is 7.58. The Kier molecular flexibility index (Phi) is 9.19. The number of benzene rings is 3. The molecule has 0 saturated carbocycles. The van der Waals surface area contributed by atoms with E-state index in [2.05, 4.69) is 31.9 Å². The third kappa shape index (κ3) is 8.28. The van der Waals surface area contributed by atoms with Gasteiger partial charge in [-0.1, -0.05) is 36.4 Å². The topological polar surface area (TPSA) is 75.1 Å². The van der Waals surface area contributed by atoms with E-state index in [1.807, 2.05) is 50.3 Å². The molecule has 0 radical (unpaired) electrons. The molecule has 0 saturated heterocycles. The molecule has 6 nitrogen and oxygen atoms in total. The van der Waals surface area contributed by atoms with Gasteiger partial charge < -0.3 is 15.4 Å². The van der Waals surface area contributed by atoms with E-state index in [4.69, 9.17) is 0 Å². The van der Waals surface area contributed by atoms with Gasteiger partial charge in [0.15, 0.2) is 0 Å². The Morgan fingerprint density at radius 1 is 1.07 bits per heavy atom. The molecule has 0 bridgehead atoms. The van der Waals surface area contributed by atoms with Gasteiger partial charge in [0.25, 0.3) is 5.91 Å². The average molecular weight is 559 g/mol. The van der Waals surface area contributed by atoms with Gasteiger partial charge in [-0.15, -0.1) is 19.8 Å². The zero-order valence-electron chi connectivity index (χ0n) is 22.6. The summed E-state index contributed by atoms with van der Waals surface area (Å²) in [6, 6.07) is 18.2. The van der Waals surface area contributed by atoms with Crippen molar-refractivity contribution in [2.75, 3.05) is 5.32 Å². The Bertz CT molecular complexity index is 1510. The Balaban J connectivity index is 1.57. The highest BCUT2D eigenvalue weighted by Crippen LogP contribution is 2.25. The van der Waals surface area contributed by atoms with Crippen LogP contribution in [0.25, 0.3) is 0 Å². The molecule has 2 N–H and O–H groups in total. The maximum Gasteiger partial charge on any atom is 0.573 e. The van der Waals surface area contributed by atoms with E-state index in [0.29, 0.717) is 41.3 Å². The SMILES string of the molecule is C=CC/C=C\C=C1/CC(c2ccc(OC(F)(F)F)cc2)=NC(=Nc2ccc(C(=O)Nc3c(C)cccc3C)cc2)N1. The number of guanidine groups is 1. The van der Waals surface area contributed by atoms with Crippen molar-refractivity contribution in [3.8, 4) is 5.75 Å². The van der Waals surface area contributed by atoms with Gasteiger partial charge >= 0.3 is 6.36 Å². The van der Waals surface area contributed by atoms with Crippen LogP contribution in [0, 0.1) is 13.8 Å². The number of aliphatic imine (C=N–C) groups is 2. The molecule has 1 amide bonds. The van der Waals surface area contributed by atoms with Crippen molar-refractivity contribution in [2.24, 2.45) is 9.98 Å². The monoisotopic (exact) mass is 558 g/mol. The smallest absolute Gasteiger partial charge is 0.406 e. The molecule has 0 atom stereocenters. The van der Waals surface area contributed by atoms with Crippen molar-refractivity contribution in [2.45, 2.75) is 33.1 Å². The first-order valence-corrected chi connectivity index (χ1v) is 12.8. The van der Waals surface area contributed by atoms with Gasteiger partial charge in [-0.25, -0.2) is 9.98 Å². The first-order valence-electron chi connectivity index (χ1n) is 12.8. The molecule has 0 aliphatic carbocycles. The molecule has 9 heteroatoms. The van der Waals surface area contributed by atoms with Crippen LogP contribution in [-0.4, -0.2) is 23.9 Å². The van der Waals surface area contributed by atoms with Crippen LogP contribution >= 0.6 is 0 Å². The molecule has 1 heterocycles.